The van der Waals surface area contributed by atoms with Gasteiger partial charge in [-0.2, -0.15) is 0 Å². The fraction of sp³-hybridized carbons (Fsp3) is 0.692. The summed E-state index contributed by atoms with van der Waals surface area (Å²) in [4.78, 5) is 27.0. The van der Waals surface area contributed by atoms with E-state index in [1.54, 1.807) is 11.0 Å². The van der Waals surface area contributed by atoms with Crippen molar-refractivity contribution >= 4 is 23.8 Å². The van der Waals surface area contributed by atoms with Crippen LogP contribution >= 0.6 is 11.8 Å². The van der Waals surface area contributed by atoms with Crippen LogP contribution in [-0.4, -0.2) is 56.2 Å². The molecule has 1 fully saturated rings. The average Bonchev–Trinajstić information content (AvgIpc) is 2.65. The lowest BCUT2D eigenvalue weighted by molar-refractivity contribution is -0.141. The third-order valence-corrected chi connectivity index (χ3v) is 4.30. The Morgan fingerprint density at radius 1 is 1.53 bits per heavy atom. The third kappa shape index (κ3) is 3.43. The number of thioether (sulfide) groups is 1. The van der Waals surface area contributed by atoms with E-state index in [9.17, 15) is 14.7 Å². The van der Waals surface area contributed by atoms with Gasteiger partial charge in [-0.05, 0) is 27.7 Å². The van der Waals surface area contributed by atoms with E-state index in [0.29, 0.717) is 12.3 Å². The number of amides is 2. The highest BCUT2D eigenvalue weighted by Crippen LogP contribution is 2.31. The molecule has 1 N–H and O–H groups in total. The molecule has 1 aliphatic heterocycles. The molecule has 2 unspecified atom stereocenters. The van der Waals surface area contributed by atoms with Gasteiger partial charge in [-0.3, -0.25) is 4.90 Å². The molecule has 0 aromatic rings. The summed E-state index contributed by atoms with van der Waals surface area (Å²) in [7, 11) is 0. The number of carboxylic acid groups (broad SMARTS) is 1. The van der Waals surface area contributed by atoms with Gasteiger partial charge < -0.3 is 10.0 Å². The second-order valence-electron chi connectivity index (χ2n) is 5.55. The zero-order chi connectivity index (χ0) is 14.8. The molecule has 0 saturated carbocycles. The van der Waals surface area contributed by atoms with E-state index in [2.05, 4.69) is 6.58 Å². The van der Waals surface area contributed by atoms with Gasteiger partial charge in [0.15, 0.2) is 0 Å². The molecule has 2 atom stereocenters. The predicted molar refractivity (Wildman–Crippen MR) is 77.2 cm³/mol. The molecule has 2 amide bonds. The monoisotopic (exact) mass is 286 g/mol. The van der Waals surface area contributed by atoms with Crippen molar-refractivity contribution in [2.75, 3.05) is 12.3 Å². The van der Waals surface area contributed by atoms with Crippen LogP contribution in [0.4, 0.5) is 4.79 Å². The molecule has 1 aliphatic rings. The average molecular weight is 286 g/mol. The van der Waals surface area contributed by atoms with Gasteiger partial charge in [-0.1, -0.05) is 6.08 Å². The lowest BCUT2D eigenvalue weighted by Crippen LogP contribution is -2.56. The Morgan fingerprint density at radius 2 is 2.11 bits per heavy atom. The van der Waals surface area contributed by atoms with E-state index >= 15 is 0 Å². The summed E-state index contributed by atoms with van der Waals surface area (Å²) in [6.07, 6.45) is 1.66. The summed E-state index contributed by atoms with van der Waals surface area (Å²) in [5, 5.41) is 9.10. The van der Waals surface area contributed by atoms with Crippen LogP contribution in [0.3, 0.4) is 0 Å². The Kier molecular flexibility index (Phi) is 4.90. The first-order valence-corrected chi connectivity index (χ1v) is 7.30. The number of carboxylic acids is 1. The van der Waals surface area contributed by atoms with Crippen molar-refractivity contribution in [1.82, 2.24) is 9.80 Å². The Bertz CT molecular complexity index is 379. The highest BCUT2D eigenvalue weighted by atomic mass is 32.2. The zero-order valence-electron chi connectivity index (χ0n) is 11.9. The number of hydrogen-bond acceptors (Lipinski definition) is 3. The topological polar surface area (TPSA) is 60.9 Å². The molecule has 19 heavy (non-hydrogen) atoms. The second-order valence-corrected chi connectivity index (χ2v) is 6.90. The van der Waals surface area contributed by atoms with Gasteiger partial charge >= 0.3 is 12.0 Å². The number of aliphatic carboxylic acids is 1. The van der Waals surface area contributed by atoms with Crippen LogP contribution in [0.5, 0.6) is 0 Å². The van der Waals surface area contributed by atoms with E-state index in [1.165, 1.54) is 16.7 Å². The summed E-state index contributed by atoms with van der Waals surface area (Å²) < 4.78 is 0. The molecule has 0 radical (unpaired) electrons. The number of urea groups is 1. The van der Waals surface area contributed by atoms with E-state index in [4.69, 9.17) is 0 Å². The van der Waals surface area contributed by atoms with Gasteiger partial charge in [-0.15, -0.1) is 18.3 Å². The Labute approximate surface area is 118 Å². The van der Waals surface area contributed by atoms with Crippen molar-refractivity contribution in [3.8, 4) is 0 Å². The maximum absolute atomic E-state index is 12.6. The lowest BCUT2D eigenvalue weighted by atomic mass is 10.1. The van der Waals surface area contributed by atoms with Crippen molar-refractivity contribution in [2.45, 2.75) is 44.6 Å². The minimum atomic E-state index is -0.947. The molecule has 0 aliphatic carbocycles. The highest BCUT2D eigenvalue weighted by molar-refractivity contribution is 8.00. The predicted octanol–water partition coefficient (Wildman–Crippen LogP) is 2.24. The summed E-state index contributed by atoms with van der Waals surface area (Å²) in [6, 6.07) is -0.987. The standard InChI is InChI=1S/C13H22N2O3S/c1-6-7-14(13(3,4)5)12(18)15-9(2)19-8-10(15)11(16)17/h6,9-10H,1,7-8H2,2-5H3,(H,16,17). The van der Waals surface area contributed by atoms with Crippen LogP contribution in [0.15, 0.2) is 12.7 Å². The molecule has 5 nitrogen and oxygen atoms in total. The van der Waals surface area contributed by atoms with E-state index in [-0.39, 0.29) is 16.9 Å². The van der Waals surface area contributed by atoms with Gasteiger partial charge in [0.2, 0.25) is 0 Å². The summed E-state index contributed by atoms with van der Waals surface area (Å²) >= 11 is 1.49. The van der Waals surface area contributed by atoms with E-state index in [1.807, 2.05) is 27.7 Å². The number of carbonyl (C=O) groups is 2. The van der Waals surface area contributed by atoms with E-state index < -0.39 is 12.0 Å². The second kappa shape index (κ2) is 5.86. The van der Waals surface area contributed by atoms with Crippen molar-refractivity contribution in [2.24, 2.45) is 0 Å². The first-order chi connectivity index (χ1) is 8.70. The number of nitrogens with zero attached hydrogens (tertiary/aromatic N) is 2. The maximum atomic E-state index is 12.6. The van der Waals surface area contributed by atoms with E-state index in [0.717, 1.165) is 0 Å². The quantitative estimate of drug-likeness (QED) is 0.808. The van der Waals surface area contributed by atoms with Gasteiger partial charge in [0, 0.05) is 17.8 Å². The highest BCUT2D eigenvalue weighted by Gasteiger charge is 2.42. The molecule has 0 bridgehead atoms. The van der Waals surface area contributed by atoms with Crippen molar-refractivity contribution in [3.05, 3.63) is 12.7 Å². The Balaban J connectivity index is 3.00. The summed E-state index contributed by atoms with van der Waals surface area (Å²) in [6.45, 7) is 11.7. The van der Waals surface area contributed by atoms with Crippen LogP contribution in [0.25, 0.3) is 0 Å². The molecule has 0 aromatic carbocycles. The zero-order valence-corrected chi connectivity index (χ0v) is 12.7. The van der Waals surface area contributed by atoms with Gasteiger partial charge in [0.05, 0.1) is 5.37 Å². The van der Waals surface area contributed by atoms with Crippen molar-refractivity contribution in [3.63, 3.8) is 0 Å². The maximum Gasteiger partial charge on any atom is 0.327 e. The first kappa shape index (κ1) is 15.9. The van der Waals surface area contributed by atoms with Crippen LogP contribution in [0, 0.1) is 0 Å². The van der Waals surface area contributed by atoms with Crippen LogP contribution in [0.1, 0.15) is 27.7 Å². The summed E-state index contributed by atoms with van der Waals surface area (Å²) in [5.74, 6) is -0.508. The fourth-order valence-corrected chi connectivity index (χ4v) is 3.19. The number of hydrogen-bond donors (Lipinski definition) is 1. The molecule has 1 rings (SSSR count). The van der Waals surface area contributed by atoms with Crippen LogP contribution in [-0.2, 0) is 4.79 Å². The molecular weight excluding hydrogens is 264 g/mol. The molecule has 0 aromatic heterocycles. The fourth-order valence-electron chi connectivity index (χ4n) is 2.03. The number of carbonyl (C=O) groups excluding carboxylic acids is 1. The van der Waals surface area contributed by atoms with Gasteiger partial charge in [0.1, 0.15) is 6.04 Å². The lowest BCUT2D eigenvalue weighted by Gasteiger charge is -2.39. The molecule has 0 spiro atoms. The minimum Gasteiger partial charge on any atom is -0.480 e. The Morgan fingerprint density at radius 3 is 2.53 bits per heavy atom. The van der Waals surface area contributed by atoms with Crippen LogP contribution in [0.2, 0.25) is 0 Å². The minimum absolute atomic E-state index is 0.122. The first-order valence-electron chi connectivity index (χ1n) is 6.25. The van der Waals surface area contributed by atoms with Crippen LogP contribution < -0.4 is 0 Å². The largest absolute Gasteiger partial charge is 0.480 e. The summed E-state index contributed by atoms with van der Waals surface area (Å²) in [5.41, 5.74) is -0.374. The third-order valence-electron chi connectivity index (χ3n) is 3.08. The number of rotatable bonds is 3. The molecule has 1 saturated heterocycles. The van der Waals surface area contributed by atoms with Crippen molar-refractivity contribution < 1.29 is 14.7 Å². The van der Waals surface area contributed by atoms with Gasteiger partial charge in [-0.25, -0.2) is 9.59 Å². The van der Waals surface area contributed by atoms with Crippen molar-refractivity contribution in [1.29, 1.82) is 0 Å². The molecule has 6 heteroatoms. The molecule has 108 valence electrons. The normalized spacial score (nSPS) is 23.3. The van der Waals surface area contributed by atoms with Gasteiger partial charge in [0.25, 0.3) is 0 Å². The molecular formula is C13H22N2O3S. The SMILES string of the molecule is C=CCN(C(=O)N1C(C)SCC1C(=O)O)C(C)(C)C. The smallest absolute Gasteiger partial charge is 0.327 e. The molecule has 1 heterocycles. The Hall–Kier alpha value is -1.17.